The number of esters is 4. The van der Waals surface area contributed by atoms with E-state index >= 15 is 0 Å². The molecule has 0 aliphatic heterocycles. The van der Waals surface area contributed by atoms with E-state index in [4.69, 9.17) is 37.0 Å². The van der Waals surface area contributed by atoms with Gasteiger partial charge in [-0.15, -0.1) is 0 Å². The van der Waals surface area contributed by atoms with Crippen molar-refractivity contribution in [3.05, 3.63) is 134 Å². The number of phosphoric acid groups is 2. The smallest absolute Gasteiger partial charge is 0.462 e. The minimum atomic E-state index is -4.99. The largest absolute Gasteiger partial charge is 0.472 e. The van der Waals surface area contributed by atoms with Crippen LogP contribution < -0.4 is 0 Å². The molecule has 0 radical (unpaired) electrons. The van der Waals surface area contributed by atoms with Crippen molar-refractivity contribution >= 4 is 39.5 Å². The van der Waals surface area contributed by atoms with E-state index in [1.54, 1.807) is 0 Å². The second-order valence-corrected chi connectivity index (χ2v) is 28.1. The monoisotopic (exact) mass is 1440 g/mol. The fourth-order valence-corrected chi connectivity index (χ4v) is 11.3. The lowest BCUT2D eigenvalue weighted by molar-refractivity contribution is -0.161. The Bertz CT molecular complexity index is 2420. The Morgan fingerprint density at radius 2 is 0.540 bits per heavy atom. The van der Waals surface area contributed by atoms with E-state index in [1.807, 2.05) is 0 Å². The molecule has 0 spiro atoms. The maximum absolute atomic E-state index is 13.1. The van der Waals surface area contributed by atoms with E-state index in [2.05, 4.69) is 161 Å². The van der Waals surface area contributed by atoms with Crippen molar-refractivity contribution < 1.29 is 80.2 Å². The normalized spacial score (nSPS) is 14.7. The lowest BCUT2D eigenvalue weighted by atomic mass is 10.1. The predicted molar refractivity (Wildman–Crippen MR) is 408 cm³/mol. The average Bonchev–Trinajstić information content (AvgIpc) is 1.15. The minimum Gasteiger partial charge on any atom is -0.462 e. The number of rotatable bonds is 71. The van der Waals surface area contributed by atoms with Gasteiger partial charge in [-0.1, -0.05) is 251 Å². The maximum Gasteiger partial charge on any atom is 0.472 e. The van der Waals surface area contributed by atoms with Crippen LogP contribution in [-0.4, -0.2) is 96.7 Å². The zero-order valence-electron chi connectivity index (χ0n) is 62.3. The Morgan fingerprint density at radius 1 is 0.290 bits per heavy atom. The number of carbonyl (C=O) groups is 4. The molecule has 5 unspecified atom stereocenters. The van der Waals surface area contributed by atoms with Gasteiger partial charge in [0.25, 0.3) is 0 Å². The summed E-state index contributed by atoms with van der Waals surface area (Å²) in [5.74, 6) is -2.26. The van der Waals surface area contributed by atoms with Gasteiger partial charge < -0.3 is 33.8 Å². The molecule has 0 saturated heterocycles. The fourth-order valence-electron chi connectivity index (χ4n) is 9.76. The molecular formula is C81H136O17P2. The molecule has 0 amide bonds. The van der Waals surface area contributed by atoms with Gasteiger partial charge in [0.2, 0.25) is 0 Å². The molecule has 0 aromatic rings. The Labute approximate surface area is 605 Å². The maximum atomic E-state index is 13.1. The Balaban J connectivity index is 5.42. The van der Waals surface area contributed by atoms with Crippen molar-refractivity contribution in [1.82, 2.24) is 0 Å². The number of aliphatic hydroxyl groups is 1. The molecule has 0 fully saturated rings. The summed E-state index contributed by atoms with van der Waals surface area (Å²) in [6, 6.07) is 0. The van der Waals surface area contributed by atoms with Gasteiger partial charge in [-0.05, 0) is 154 Å². The molecule has 0 heterocycles. The summed E-state index contributed by atoms with van der Waals surface area (Å²) in [6.45, 7) is 4.48. The van der Waals surface area contributed by atoms with Crippen molar-refractivity contribution in [3.8, 4) is 0 Å². The van der Waals surface area contributed by atoms with Crippen molar-refractivity contribution in [2.45, 2.75) is 316 Å². The molecular weight excluding hydrogens is 1310 g/mol. The predicted octanol–water partition coefficient (Wildman–Crippen LogP) is 22.1. The first-order valence-electron chi connectivity index (χ1n) is 38.4. The highest BCUT2D eigenvalue weighted by Crippen LogP contribution is 2.45. The van der Waals surface area contributed by atoms with Gasteiger partial charge in [-0.25, -0.2) is 9.13 Å². The van der Waals surface area contributed by atoms with E-state index in [9.17, 15) is 43.2 Å². The molecule has 0 aromatic carbocycles. The molecule has 0 saturated carbocycles. The molecule has 19 heteroatoms. The Morgan fingerprint density at radius 3 is 0.850 bits per heavy atom. The highest BCUT2D eigenvalue weighted by Gasteiger charge is 2.30. The zero-order valence-corrected chi connectivity index (χ0v) is 64.1. The third-order valence-corrected chi connectivity index (χ3v) is 17.5. The van der Waals surface area contributed by atoms with Gasteiger partial charge >= 0.3 is 39.5 Å². The highest BCUT2D eigenvalue weighted by molar-refractivity contribution is 7.47. The zero-order chi connectivity index (χ0) is 73.2. The van der Waals surface area contributed by atoms with Crippen LogP contribution in [0, 0.1) is 0 Å². The van der Waals surface area contributed by atoms with E-state index in [0.29, 0.717) is 25.7 Å². The van der Waals surface area contributed by atoms with Crippen molar-refractivity contribution in [1.29, 1.82) is 0 Å². The van der Waals surface area contributed by atoms with Crippen molar-refractivity contribution in [3.63, 3.8) is 0 Å². The summed E-state index contributed by atoms with van der Waals surface area (Å²) < 4.78 is 68.4. The first-order valence-corrected chi connectivity index (χ1v) is 41.4. The molecule has 572 valence electrons. The van der Waals surface area contributed by atoms with Gasteiger partial charge in [0.15, 0.2) is 12.2 Å². The number of unbranched alkanes of at least 4 members (excludes halogenated alkanes) is 23. The molecule has 17 nitrogen and oxygen atoms in total. The lowest BCUT2D eigenvalue weighted by Crippen LogP contribution is -2.30. The number of aliphatic hydroxyl groups excluding tert-OH is 1. The summed E-state index contributed by atoms with van der Waals surface area (Å²) in [4.78, 5) is 72.9. The third kappa shape index (κ3) is 71.6. The molecule has 0 bridgehead atoms. The van der Waals surface area contributed by atoms with Crippen LogP contribution in [0.4, 0.5) is 0 Å². The third-order valence-electron chi connectivity index (χ3n) is 15.6. The summed E-state index contributed by atoms with van der Waals surface area (Å²) in [5, 5.41) is 10.6. The van der Waals surface area contributed by atoms with E-state index < -0.39 is 97.5 Å². The first kappa shape index (κ1) is 95.2. The molecule has 0 rings (SSSR count). The fraction of sp³-hybridized carbons (Fsp3) is 0.679. The standard InChI is InChI=1S/C81H136O17P2/c1-5-9-13-17-21-25-29-33-35-37-39-43-46-50-54-58-62-66-79(84)92-72-77(98-81(86)68-64-60-56-52-48-44-40-38-36-34-30-26-22-18-14-10-6-2)74-96-100(89,90)94-70-75(82)69-93-99(87,88)95-73-76(97-80(85)67-63-59-55-51-47-42-32-28-24-20-16-12-8-4)71-91-78(83)65-61-57-53-49-45-41-31-27-23-19-15-11-7-3/h9-10,13-15,19,21-22,25-28,31-36,39-40,43-44,75-77,82H,5-8,11-12,16-18,20,23-24,29-30,37-38,41-42,45-74H2,1-4H3,(H,87,88)(H,89,90)/b13-9-,14-10-,19-15-,25-21-,26-22-,31-27-,32-28-,35-33-,36-34-,43-39-,44-40-. The number of allylic oxidation sites excluding steroid dienone is 22. The summed E-state index contributed by atoms with van der Waals surface area (Å²) >= 11 is 0. The molecule has 3 N–H and O–H groups in total. The van der Waals surface area contributed by atoms with Crippen LogP contribution in [0.1, 0.15) is 297 Å². The molecule has 0 aliphatic carbocycles. The van der Waals surface area contributed by atoms with Gasteiger partial charge in [0.05, 0.1) is 26.4 Å². The number of hydrogen-bond acceptors (Lipinski definition) is 15. The second kappa shape index (κ2) is 72.5. The van der Waals surface area contributed by atoms with Crippen LogP contribution in [0.3, 0.4) is 0 Å². The molecule has 100 heavy (non-hydrogen) atoms. The highest BCUT2D eigenvalue weighted by atomic mass is 31.2. The van der Waals surface area contributed by atoms with Gasteiger partial charge in [-0.3, -0.25) is 37.3 Å². The molecule has 0 aromatic heterocycles. The number of hydrogen-bond donors (Lipinski definition) is 3. The van der Waals surface area contributed by atoms with Crippen LogP contribution in [0.25, 0.3) is 0 Å². The van der Waals surface area contributed by atoms with Gasteiger partial charge in [0.1, 0.15) is 19.3 Å². The summed E-state index contributed by atoms with van der Waals surface area (Å²) in [5.41, 5.74) is 0. The van der Waals surface area contributed by atoms with Crippen molar-refractivity contribution in [2.75, 3.05) is 39.6 Å². The van der Waals surface area contributed by atoms with Crippen LogP contribution in [0.2, 0.25) is 0 Å². The van der Waals surface area contributed by atoms with Crippen LogP contribution >= 0.6 is 15.6 Å². The SMILES string of the molecule is CC/C=C\C/C=C\C/C=C\C/C=C\CCCCCCC(=O)OCC(COP(=O)(O)OCC(O)COP(=O)(O)OCC(COC(=O)CCCCCCC/C=C\C/C=C\CCC)OC(=O)CCCCCCC/C=C\CCCCCC)OC(=O)CCCCCC/C=C\C/C=C\C/C=C\C/C=C\CC. The minimum absolute atomic E-state index is 0.0573. The van der Waals surface area contributed by atoms with E-state index in [1.165, 1.54) is 25.7 Å². The Hall–Kier alpha value is -4.80. The van der Waals surface area contributed by atoms with E-state index in [-0.39, 0.29) is 25.7 Å². The van der Waals surface area contributed by atoms with Crippen LogP contribution in [0.5, 0.6) is 0 Å². The quantitative estimate of drug-likeness (QED) is 0.0169. The summed E-state index contributed by atoms with van der Waals surface area (Å²) in [7, 11) is -9.98. The first-order chi connectivity index (χ1) is 48.7. The van der Waals surface area contributed by atoms with Crippen LogP contribution in [-0.2, 0) is 65.4 Å². The Kier molecular flexibility index (Phi) is 69.1. The topological polar surface area (TPSA) is 237 Å². The van der Waals surface area contributed by atoms with Gasteiger partial charge in [-0.2, -0.15) is 0 Å². The molecule has 5 atom stereocenters. The van der Waals surface area contributed by atoms with Crippen LogP contribution in [0.15, 0.2) is 134 Å². The average molecular weight is 1440 g/mol. The summed E-state index contributed by atoms with van der Waals surface area (Å²) in [6.07, 6.45) is 80.1. The second-order valence-electron chi connectivity index (χ2n) is 25.2. The van der Waals surface area contributed by atoms with E-state index in [0.717, 1.165) is 193 Å². The molecule has 0 aliphatic rings. The number of carbonyl (C=O) groups excluding carboxylic acids is 4. The number of ether oxygens (including phenoxy) is 4. The van der Waals surface area contributed by atoms with Crippen molar-refractivity contribution in [2.24, 2.45) is 0 Å². The van der Waals surface area contributed by atoms with Gasteiger partial charge in [0, 0.05) is 25.7 Å². The number of phosphoric ester groups is 2. The lowest BCUT2D eigenvalue weighted by Gasteiger charge is -2.21.